The second-order valence-corrected chi connectivity index (χ2v) is 4.17. The van der Waals surface area contributed by atoms with Gasteiger partial charge in [0.25, 0.3) is 0 Å². The van der Waals surface area contributed by atoms with E-state index in [1.54, 1.807) is 6.20 Å². The van der Waals surface area contributed by atoms with E-state index in [9.17, 15) is 0 Å². The molecule has 0 N–H and O–H groups in total. The van der Waals surface area contributed by atoms with E-state index < -0.39 is 0 Å². The van der Waals surface area contributed by atoms with Crippen molar-refractivity contribution < 1.29 is 0 Å². The fraction of sp³-hybridized carbons (Fsp3) is 0.333. The molecule has 74 valence electrons. The second kappa shape index (κ2) is 3.24. The third kappa shape index (κ3) is 1.37. The molecule has 0 aliphatic rings. The lowest BCUT2D eigenvalue weighted by molar-refractivity contribution is 0.795. The second-order valence-electron chi connectivity index (χ2n) is 3.36. The van der Waals surface area contributed by atoms with E-state index in [-0.39, 0.29) is 0 Å². The van der Waals surface area contributed by atoms with Gasteiger partial charge in [0.1, 0.15) is 15.6 Å². The van der Waals surface area contributed by atoms with Gasteiger partial charge < -0.3 is 4.90 Å². The molecule has 2 aromatic heterocycles. The topological polar surface area (TPSA) is 34.0 Å². The zero-order valence-electron chi connectivity index (χ0n) is 8.32. The fourth-order valence-electron chi connectivity index (χ4n) is 1.47. The maximum atomic E-state index is 4.35. The van der Waals surface area contributed by atoms with E-state index in [1.165, 1.54) is 0 Å². The first-order chi connectivity index (χ1) is 6.59. The number of halogens is 1. The van der Waals surface area contributed by atoms with Crippen LogP contribution >= 0.6 is 15.9 Å². The van der Waals surface area contributed by atoms with Crippen molar-refractivity contribution in [2.75, 3.05) is 19.0 Å². The van der Waals surface area contributed by atoms with E-state index in [0.29, 0.717) is 0 Å². The monoisotopic (exact) mass is 254 g/mol. The van der Waals surface area contributed by atoms with Gasteiger partial charge in [-0.2, -0.15) is 5.10 Å². The van der Waals surface area contributed by atoms with Crippen LogP contribution in [0.2, 0.25) is 0 Å². The molecular formula is C9H11BrN4. The molecule has 0 atom stereocenters. The zero-order chi connectivity index (χ0) is 10.3. The number of hydrogen-bond donors (Lipinski definition) is 0. The van der Waals surface area contributed by atoms with Gasteiger partial charge >= 0.3 is 0 Å². The van der Waals surface area contributed by atoms with Gasteiger partial charge in [-0.1, -0.05) is 0 Å². The van der Waals surface area contributed by atoms with E-state index in [4.69, 9.17) is 0 Å². The van der Waals surface area contributed by atoms with Crippen LogP contribution in [0.25, 0.3) is 11.0 Å². The molecule has 2 aromatic rings. The van der Waals surface area contributed by atoms with Gasteiger partial charge in [0, 0.05) is 21.1 Å². The van der Waals surface area contributed by atoms with Crippen molar-refractivity contribution in [2.45, 2.75) is 0 Å². The third-order valence-corrected chi connectivity index (χ3v) is 2.53. The summed E-state index contributed by atoms with van der Waals surface area (Å²) >= 11 is 3.39. The Hall–Kier alpha value is -1.10. The Morgan fingerprint density at radius 3 is 2.79 bits per heavy atom. The summed E-state index contributed by atoms with van der Waals surface area (Å²) in [7, 11) is 5.94. The average Bonchev–Trinajstić information content (AvgIpc) is 2.46. The molecule has 0 aliphatic carbocycles. The number of aryl methyl sites for hydroxylation is 1. The van der Waals surface area contributed by atoms with Crippen molar-refractivity contribution in [3.8, 4) is 0 Å². The van der Waals surface area contributed by atoms with Crippen LogP contribution < -0.4 is 4.90 Å². The maximum Gasteiger partial charge on any atom is 0.112 e. The molecule has 5 heteroatoms. The third-order valence-electron chi connectivity index (χ3n) is 2.13. The largest absolute Gasteiger partial charge is 0.376 e. The minimum Gasteiger partial charge on any atom is -0.376 e. The summed E-state index contributed by atoms with van der Waals surface area (Å²) in [4.78, 5) is 6.40. The molecule has 0 fully saturated rings. The standard InChI is InChI=1S/C9H11BrN4/c1-13(2)7-4-8(10)12-6-5-11-14(3)9(6)7/h4-5H,1-3H3. The highest BCUT2D eigenvalue weighted by Gasteiger charge is 2.10. The van der Waals surface area contributed by atoms with Crippen molar-refractivity contribution in [1.29, 1.82) is 0 Å². The van der Waals surface area contributed by atoms with Crippen LogP contribution in [0.1, 0.15) is 0 Å². The number of anilines is 1. The molecule has 0 aromatic carbocycles. The van der Waals surface area contributed by atoms with Crippen molar-refractivity contribution in [1.82, 2.24) is 14.8 Å². The highest BCUT2D eigenvalue weighted by Crippen LogP contribution is 2.26. The van der Waals surface area contributed by atoms with E-state index in [0.717, 1.165) is 21.3 Å². The Labute approximate surface area is 90.7 Å². The summed E-state index contributed by atoms with van der Waals surface area (Å²) in [5.41, 5.74) is 3.07. The highest BCUT2D eigenvalue weighted by atomic mass is 79.9. The van der Waals surface area contributed by atoms with Crippen LogP contribution in [0.5, 0.6) is 0 Å². The summed E-state index contributed by atoms with van der Waals surface area (Å²) in [6.45, 7) is 0. The Morgan fingerprint density at radius 1 is 1.43 bits per heavy atom. The molecule has 0 unspecified atom stereocenters. The SMILES string of the molecule is CN(C)c1cc(Br)nc2cnn(C)c12. The molecule has 0 amide bonds. The first-order valence-corrected chi connectivity index (χ1v) is 5.04. The molecule has 4 nitrogen and oxygen atoms in total. The van der Waals surface area contributed by atoms with E-state index in [1.807, 2.05) is 31.9 Å². The number of pyridine rings is 1. The number of nitrogens with zero attached hydrogens (tertiary/aromatic N) is 4. The number of fused-ring (bicyclic) bond motifs is 1. The molecule has 2 rings (SSSR count). The van der Waals surface area contributed by atoms with Gasteiger partial charge in [-0.3, -0.25) is 4.68 Å². The Bertz CT molecular complexity index is 475. The Balaban J connectivity index is 2.83. The first-order valence-electron chi connectivity index (χ1n) is 4.25. The summed E-state index contributed by atoms with van der Waals surface area (Å²) < 4.78 is 2.67. The molecule has 0 aliphatic heterocycles. The summed E-state index contributed by atoms with van der Waals surface area (Å²) in [6.07, 6.45) is 1.77. The highest BCUT2D eigenvalue weighted by molar-refractivity contribution is 9.10. The number of rotatable bonds is 1. The summed E-state index contributed by atoms with van der Waals surface area (Å²) in [5.74, 6) is 0. The lowest BCUT2D eigenvalue weighted by Crippen LogP contribution is -2.10. The quantitative estimate of drug-likeness (QED) is 0.728. The van der Waals surface area contributed by atoms with Gasteiger partial charge in [0.2, 0.25) is 0 Å². The molecule has 0 saturated heterocycles. The van der Waals surface area contributed by atoms with Gasteiger partial charge in [0.05, 0.1) is 11.9 Å². The van der Waals surface area contributed by atoms with Gasteiger partial charge in [-0.05, 0) is 22.0 Å². The van der Waals surface area contributed by atoms with Crippen LogP contribution in [0, 0.1) is 0 Å². The van der Waals surface area contributed by atoms with Gasteiger partial charge in [-0.15, -0.1) is 0 Å². The van der Waals surface area contributed by atoms with Crippen molar-refractivity contribution in [3.63, 3.8) is 0 Å². The summed E-state index contributed by atoms with van der Waals surface area (Å²) in [5, 5.41) is 4.19. The smallest absolute Gasteiger partial charge is 0.112 e. The maximum absolute atomic E-state index is 4.35. The predicted octanol–water partition coefficient (Wildman–Crippen LogP) is 1.80. The summed E-state index contributed by atoms with van der Waals surface area (Å²) in [6, 6.07) is 1.99. The Morgan fingerprint density at radius 2 is 2.14 bits per heavy atom. The van der Waals surface area contributed by atoms with Gasteiger partial charge in [0.15, 0.2) is 0 Å². The normalized spacial score (nSPS) is 10.9. The van der Waals surface area contributed by atoms with E-state index >= 15 is 0 Å². The van der Waals surface area contributed by atoms with Crippen LogP contribution in [0.4, 0.5) is 5.69 Å². The van der Waals surface area contributed by atoms with Crippen LogP contribution in [-0.2, 0) is 7.05 Å². The van der Waals surface area contributed by atoms with E-state index in [2.05, 4.69) is 30.9 Å². The van der Waals surface area contributed by atoms with Crippen molar-refractivity contribution >= 4 is 32.7 Å². The predicted molar refractivity (Wildman–Crippen MR) is 60.5 cm³/mol. The minimum atomic E-state index is 0.835. The lowest BCUT2D eigenvalue weighted by Gasteiger charge is -2.14. The molecule has 2 heterocycles. The van der Waals surface area contributed by atoms with Crippen LogP contribution in [0.3, 0.4) is 0 Å². The van der Waals surface area contributed by atoms with Crippen LogP contribution in [0.15, 0.2) is 16.9 Å². The van der Waals surface area contributed by atoms with Crippen LogP contribution in [-0.4, -0.2) is 28.9 Å². The Kier molecular flexibility index (Phi) is 2.19. The zero-order valence-corrected chi connectivity index (χ0v) is 9.91. The molecule has 0 spiro atoms. The fourth-order valence-corrected chi connectivity index (χ4v) is 1.88. The van der Waals surface area contributed by atoms with Crippen molar-refractivity contribution in [3.05, 3.63) is 16.9 Å². The average molecular weight is 255 g/mol. The minimum absolute atomic E-state index is 0.835. The number of aromatic nitrogens is 3. The molecule has 0 bridgehead atoms. The molecule has 14 heavy (non-hydrogen) atoms. The van der Waals surface area contributed by atoms with Crippen molar-refractivity contribution in [2.24, 2.45) is 7.05 Å². The molecule has 0 saturated carbocycles. The van der Waals surface area contributed by atoms with Gasteiger partial charge in [-0.25, -0.2) is 4.98 Å². The first kappa shape index (κ1) is 9.45. The number of hydrogen-bond acceptors (Lipinski definition) is 3. The molecular weight excluding hydrogens is 244 g/mol. The lowest BCUT2D eigenvalue weighted by atomic mass is 10.3. The molecule has 0 radical (unpaired) electrons.